The second-order valence-corrected chi connectivity index (χ2v) is 5.69. The lowest BCUT2D eigenvalue weighted by Crippen LogP contribution is -2.14. The third kappa shape index (κ3) is 5.29. The third-order valence-electron chi connectivity index (χ3n) is 3.84. The summed E-state index contributed by atoms with van der Waals surface area (Å²) in [6.45, 7) is 3.39. The third-order valence-corrected chi connectivity index (χ3v) is 3.84. The standard InChI is InChI=1S/C19H19F3N2O3/c1-4-13-8-9-16(12(2)10-13)26-11-14-15(19(20,21)22)6-5-7-17(14)27-18(25)24-23-3/h5-10H,4,11H2,1-3H3. The summed E-state index contributed by atoms with van der Waals surface area (Å²) in [6.07, 6.45) is -4.90. The van der Waals surface area contributed by atoms with E-state index in [9.17, 15) is 18.0 Å². The fourth-order valence-corrected chi connectivity index (χ4v) is 2.52. The van der Waals surface area contributed by atoms with Crippen molar-refractivity contribution in [2.75, 3.05) is 7.05 Å². The van der Waals surface area contributed by atoms with Gasteiger partial charge in [-0.1, -0.05) is 30.2 Å². The monoisotopic (exact) mass is 380 g/mol. The molecule has 0 spiro atoms. The summed E-state index contributed by atoms with van der Waals surface area (Å²) in [6, 6.07) is 8.78. The van der Waals surface area contributed by atoms with Crippen molar-refractivity contribution < 1.29 is 27.4 Å². The van der Waals surface area contributed by atoms with Gasteiger partial charge < -0.3 is 9.47 Å². The Morgan fingerprint density at radius 2 is 1.89 bits per heavy atom. The number of alkyl halides is 3. The zero-order valence-corrected chi connectivity index (χ0v) is 15.1. The van der Waals surface area contributed by atoms with Crippen LogP contribution in [0.15, 0.2) is 46.6 Å². The van der Waals surface area contributed by atoms with Crippen LogP contribution >= 0.6 is 0 Å². The second kappa shape index (κ2) is 8.66. The van der Waals surface area contributed by atoms with Gasteiger partial charge in [-0.3, -0.25) is 0 Å². The lowest BCUT2D eigenvalue weighted by Gasteiger charge is -2.17. The van der Waals surface area contributed by atoms with Gasteiger partial charge in [-0.15, -0.1) is 0 Å². The van der Waals surface area contributed by atoms with Gasteiger partial charge in [0.1, 0.15) is 18.1 Å². The van der Waals surface area contributed by atoms with Gasteiger partial charge in [-0.05, 0) is 42.7 Å². The lowest BCUT2D eigenvalue weighted by atomic mass is 10.1. The number of azo groups is 1. The number of aryl methyl sites for hydroxylation is 2. The molecule has 0 heterocycles. The van der Waals surface area contributed by atoms with Crippen LogP contribution in [0.25, 0.3) is 0 Å². The summed E-state index contributed by atoms with van der Waals surface area (Å²) < 4.78 is 50.6. The normalized spacial score (nSPS) is 11.6. The highest BCUT2D eigenvalue weighted by molar-refractivity contribution is 5.71. The highest BCUT2D eigenvalue weighted by atomic mass is 19.4. The molecule has 2 aromatic rings. The zero-order valence-electron chi connectivity index (χ0n) is 15.1. The summed E-state index contributed by atoms with van der Waals surface area (Å²) in [5.41, 5.74) is 0.667. The first-order chi connectivity index (χ1) is 12.8. The molecule has 144 valence electrons. The number of benzene rings is 2. The molecule has 0 atom stereocenters. The summed E-state index contributed by atoms with van der Waals surface area (Å²) in [5.74, 6) is 0.180. The smallest absolute Gasteiger partial charge is 0.457 e. The predicted octanol–water partition coefficient (Wildman–Crippen LogP) is 5.74. The van der Waals surface area contributed by atoms with Gasteiger partial charge in [-0.2, -0.15) is 18.3 Å². The summed E-state index contributed by atoms with van der Waals surface area (Å²) in [4.78, 5) is 11.5. The van der Waals surface area contributed by atoms with E-state index in [-0.39, 0.29) is 11.3 Å². The van der Waals surface area contributed by atoms with Gasteiger partial charge in [0.2, 0.25) is 0 Å². The van der Waals surface area contributed by atoms with E-state index in [4.69, 9.17) is 9.47 Å². The van der Waals surface area contributed by atoms with Crippen molar-refractivity contribution in [2.24, 2.45) is 10.2 Å². The van der Waals surface area contributed by atoms with Gasteiger partial charge in [0.25, 0.3) is 0 Å². The molecule has 0 radical (unpaired) electrons. The number of halogens is 3. The molecule has 1 amide bonds. The topological polar surface area (TPSA) is 60.2 Å². The van der Waals surface area contributed by atoms with Gasteiger partial charge in [0.05, 0.1) is 5.56 Å². The fourth-order valence-electron chi connectivity index (χ4n) is 2.52. The minimum atomic E-state index is -4.63. The molecular formula is C19H19F3N2O3. The second-order valence-electron chi connectivity index (χ2n) is 5.69. The van der Waals surface area contributed by atoms with E-state index in [1.165, 1.54) is 13.1 Å². The summed E-state index contributed by atoms with van der Waals surface area (Å²) in [5, 5.41) is 6.40. The molecule has 0 saturated carbocycles. The maximum Gasteiger partial charge on any atom is 0.457 e. The predicted molar refractivity (Wildman–Crippen MR) is 93.1 cm³/mol. The van der Waals surface area contributed by atoms with E-state index < -0.39 is 24.4 Å². The van der Waals surface area contributed by atoms with E-state index >= 15 is 0 Å². The van der Waals surface area contributed by atoms with Crippen molar-refractivity contribution in [3.05, 3.63) is 58.7 Å². The molecule has 0 aliphatic carbocycles. The molecule has 0 saturated heterocycles. The number of nitrogens with zero attached hydrogens (tertiary/aromatic N) is 2. The Labute approximate surface area is 154 Å². The molecule has 0 N–H and O–H groups in total. The van der Waals surface area contributed by atoms with Crippen molar-refractivity contribution in [1.82, 2.24) is 0 Å². The van der Waals surface area contributed by atoms with Crippen LogP contribution in [0.1, 0.15) is 29.2 Å². The van der Waals surface area contributed by atoms with E-state index in [1.807, 2.05) is 26.0 Å². The summed E-state index contributed by atoms with van der Waals surface area (Å²) in [7, 11) is 1.25. The molecule has 0 fully saturated rings. The molecule has 0 aromatic heterocycles. The van der Waals surface area contributed by atoms with Crippen LogP contribution in [0.5, 0.6) is 11.5 Å². The van der Waals surface area contributed by atoms with Crippen molar-refractivity contribution in [3.63, 3.8) is 0 Å². The molecular weight excluding hydrogens is 361 g/mol. The van der Waals surface area contributed by atoms with Crippen LogP contribution in [0.3, 0.4) is 0 Å². The maximum atomic E-state index is 13.4. The minimum Gasteiger partial charge on any atom is -0.488 e. The zero-order chi connectivity index (χ0) is 20.0. The molecule has 2 aromatic carbocycles. The number of amides is 1. The largest absolute Gasteiger partial charge is 0.488 e. The number of hydrogen-bond acceptors (Lipinski definition) is 4. The van der Waals surface area contributed by atoms with Gasteiger partial charge >= 0.3 is 12.3 Å². The first-order valence-corrected chi connectivity index (χ1v) is 8.19. The lowest BCUT2D eigenvalue weighted by molar-refractivity contribution is -0.138. The number of hydrogen-bond donors (Lipinski definition) is 0. The Bertz CT molecular complexity index is 849. The fraction of sp³-hybridized carbons (Fsp3) is 0.316. The maximum absolute atomic E-state index is 13.4. The molecule has 27 heavy (non-hydrogen) atoms. The van der Waals surface area contributed by atoms with Crippen LogP contribution in [-0.4, -0.2) is 13.1 Å². The first kappa shape index (κ1) is 20.4. The highest BCUT2D eigenvalue weighted by Crippen LogP contribution is 2.37. The van der Waals surface area contributed by atoms with Crippen molar-refractivity contribution in [1.29, 1.82) is 0 Å². The highest BCUT2D eigenvalue weighted by Gasteiger charge is 2.35. The van der Waals surface area contributed by atoms with Crippen LogP contribution in [0.4, 0.5) is 18.0 Å². The van der Waals surface area contributed by atoms with Crippen LogP contribution in [0, 0.1) is 6.92 Å². The Hall–Kier alpha value is -2.90. The van der Waals surface area contributed by atoms with Crippen LogP contribution < -0.4 is 9.47 Å². The molecule has 8 heteroatoms. The van der Waals surface area contributed by atoms with Crippen LogP contribution in [-0.2, 0) is 19.2 Å². The average Bonchev–Trinajstić information content (AvgIpc) is 2.60. The van der Waals surface area contributed by atoms with E-state index in [0.29, 0.717) is 5.75 Å². The van der Waals surface area contributed by atoms with Gasteiger partial charge in [0, 0.05) is 12.6 Å². The Morgan fingerprint density at radius 3 is 2.48 bits per heavy atom. The Morgan fingerprint density at radius 1 is 1.15 bits per heavy atom. The van der Waals surface area contributed by atoms with Gasteiger partial charge in [0.15, 0.2) is 0 Å². The van der Waals surface area contributed by atoms with Gasteiger partial charge in [-0.25, -0.2) is 4.79 Å². The molecule has 5 nitrogen and oxygen atoms in total. The SMILES string of the molecule is CCc1ccc(OCc2c(OC(=O)N=NC)cccc2C(F)(F)F)c(C)c1. The number of rotatable bonds is 5. The number of carbonyl (C=O) groups excluding carboxylic acids is 1. The van der Waals surface area contributed by atoms with E-state index in [2.05, 4.69) is 10.2 Å². The van der Waals surface area contributed by atoms with Crippen molar-refractivity contribution >= 4 is 6.09 Å². The number of carbonyl (C=O) groups is 1. The minimum absolute atomic E-state index is 0.273. The molecule has 0 unspecified atom stereocenters. The Balaban J connectivity index is 2.36. The molecule has 0 bridgehead atoms. The van der Waals surface area contributed by atoms with Crippen molar-refractivity contribution in [2.45, 2.75) is 33.1 Å². The van der Waals surface area contributed by atoms with Crippen LogP contribution in [0.2, 0.25) is 0 Å². The molecule has 0 aliphatic rings. The Kier molecular flexibility index (Phi) is 6.55. The summed E-state index contributed by atoms with van der Waals surface area (Å²) >= 11 is 0. The molecule has 2 rings (SSSR count). The first-order valence-electron chi connectivity index (χ1n) is 8.19. The molecule has 0 aliphatic heterocycles. The van der Waals surface area contributed by atoms with E-state index in [0.717, 1.165) is 29.7 Å². The number of ether oxygens (including phenoxy) is 2. The quantitative estimate of drug-likeness (QED) is 0.622. The van der Waals surface area contributed by atoms with Crippen molar-refractivity contribution in [3.8, 4) is 11.5 Å². The average molecular weight is 380 g/mol. The van der Waals surface area contributed by atoms with E-state index in [1.54, 1.807) is 6.07 Å².